The maximum atomic E-state index is 11.5. The first kappa shape index (κ1) is 10.7. The average molecular weight is 183 g/mol. The van der Waals surface area contributed by atoms with Crippen LogP contribution in [0.1, 0.15) is 39.5 Å². The Morgan fingerprint density at radius 3 is 2.69 bits per heavy atom. The van der Waals surface area contributed by atoms with Crippen LogP contribution in [0.3, 0.4) is 0 Å². The molecule has 0 aromatic carbocycles. The predicted octanol–water partition coefficient (Wildman–Crippen LogP) is 1.99. The number of Topliss-reactive ketones (excluding diaryl/α,β-unsaturated/α-hetero) is 1. The van der Waals surface area contributed by atoms with Crippen LogP contribution in [0.4, 0.5) is 0 Å². The van der Waals surface area contributed by atoms with E-state index in [0.29, 0.717) is 17.7 Å². The molecule has 0 spiro atoms. The summed E-state index contributed by atoms with van der Waals surface area (Å²) in [6.45, 7) is 3.98. The van der Waals surface area contributed by atoms with Gasteiger partial charge in [-0.15, -0.1) is 0 Å². The SMILES string of the molecule is CNC1CCCC1CC(=O)C(C)C. The summed E-state index contributed by atoms with van der Waals surface area (Å²) in [4.78, 5) is 11.5. The van der Waals surface area contributed by atoms with Gasteiger partial charge in [0.15, 0.2) is 0 Å². The van der Waals surface area contributed by atoms with Gasteiger partial charge in [-0.3, -0.25) is 4.79 Å². The van der Waals surface area contributed by atoms with E-state index in [1.807, 2.05) is 20.9 Å². The van der Waals surface area contributed by atoms with Crippen LogP contribution in [0.2, 0.25) is 0 Å². The molecule has 1 aliphatic rings. The van der Waals surface area contributed by atoms with Crippen molar-refractivity contribution in [3.8, 4) is 0 Å². The second-order valence-corrected chi connectivity index (χ2v) is 4.41. The molecule has 1 aliphatic carbocycles. The molecule has 13 heavy (non-hydrogen) atoms. The van der Waals surface area contributed by atoms with E-state index >= 15 is 0 Å². The van der Waals surface area contributed by atoms with Crippen LogP contribution in [-0.2, 0) is 4.79 Å². The summed E-state index contributed by atoms with van der Waals surface area (Å²) in [6.07, 6.45) is 4.53. The smallest absolute Gasteiger partial charge is 0.135 e. The van der Waals surface area contributed by atoms with Crippen LogP contribution < -0.4 is 5.32 Å². The highest BCUT2D eigenvalue weighted by Gasteiger charge is 2.28. The van der Waals surface area contributed by atoms with Crippen molar-refractivity contribution >= 4 is 5.78 Å². The molecule has 2 atom stereocenters. The van der Waals surface area contributed by atoms with Crippen LogP contribution >= 0.6 is 0 Å². The van der Waals surface area contributed by atoms with Gasteiger partial charge < -0.3 is 5.32 Å². The largest absolute Gasteiger partial charge is 0.317 e. The van der Waals surface area contributed by atoms with Gasteiger partial charge in [-0.05, 0) is 25.8 Å². The maximum absolute atomic E-state index is 11.5. The lowest BCUT2D eigenvalue weighted by Gasteiger charge is -2.18. The van der Waals surface area contributed by atoms with Crippen molar-refractivity contribution in [1.82, 2.24) is 5.32 Å². The third-order valence-corrected chi connectivity index (χ3v) is 3.14. The monoisotopic (exact) mass is 183 g/mol. The molecule has 0 aliphatic heterocycles. The molecule has 0 bridgehead atoms. The van der Waals surface area contributed by atoms with Gasteiger partial charge in [0.1, 0.15) is 5.78 Å². The van der Waals surface area contributed by atoms with Gasteiger partial charge in [0.05, 0.1) is 0 Å². The van der Waals surface area contributed by atoms with Crippen molar-refractivity contribution in [2.75, 3.05) is 7.05 Å². The molecule has 1 saturated carbocycles. The summed E-state index contributed by atoms with van der Waals surface area (Å²) in [6, 6.07) is 0.586. The Hall–Kier alpha value is -0.370. The molecule has 0 aromatic heterocycles. The first-order valence-electron chi connectivity index (χ1n) is 5.35. The first-order chi connectivity index (χ1) is 6.15. The van der Waals surface area contributed by atoms with E-state index in [2.05, 4.69) is 5.32 Å². The molecule has 1 N–H and O–H groups in total. The van der Waals surface area contributed by atoms with Crippen molar-refractivity contribution in [2.45, 2.75) is 45.6 Å². The Balaban J connectivity index is 2.39. The Bertz CT molecular complexity index is 177. The van der Waals surface area contributed by atoms with Crippen LogP contribution in [0.15, 0.2) is 0 Å². The molecule has 1 fully saturated rings. The topological polar surface area (TPSA) is 29.1 Å². The number of carbonyl (C=O) groups is 1. The van der Waals surface area contributed by atoms with E-state index in [4.69, 9.17) is 0 Å². The number of hydrogen-bond acceptors (Lipinski definition) is 2. The van der Waals surface area contributed by atoms with Crippen LogP contribution in [0, 0.1) is 11.8 Å². The molecular formula is C11H21NO. The molecule has 2 heteroatoms. The minimum Gasteiger partial charge on any atom is -0.317 e. The molecule has 76 valence electrons. The number of carbonyl (C=O) groups excluding carboxylic acids is 1. The normalized spacial score (nSPS) is 28.3. The number of rotatable bonds is 4. The minimum absolute atomic E-state index is 0.207. The average Bonchev–Trinajstić information content (AvgIpc) is 2.51. The van der Waals surface area contributed by atoms with Gasteiger partial charge in [-0.2, -0.15) is 0 Å². The van der Waals surface area contributed by atoms with Crippen LogP contribution in [0.5, 0.6) is 0 Å². The molecule has 0 saturated heterocycles. The maximum Gasteiger partial charge on any atom is 0.135 e. The molecule has 0 heterocycles. The second-order valence-electron chi connectivity index (χ2n) is 4.41. The second kappa shape index (κ2) is 4.75. The highest BCUT2D eigenvalue weighted by Crippen LogP contribution is 2.29. The van der Waals surface area contributed by atoms with Crippen molar-refractivity contribution in [3.05, 3.63) is 0 Å². The number of nitrogens with one attached hydrogen (secondary N) is 1. The van der Waals surface area contributed by atoms with Gasteiger partial charge in [-0.1, -0.05) is 20.3 Å². The van der Waals surface area contributed by atoms with Gasteiger partial charge in [0.2, 0.25) is 0 Å². The summed E-state index contributed by atoms with van der Waals surface area (Å²) in [5.74, 6) is 1.23. The fraction of sp³-hybridized carbons (Fsp3) is 0.909. The Morgan fingerprint density at radius 1 is 1.46 bits per heavy atom. The first-order valence-corrected chi connectivity index (χ1v) is 5.35. The molecule has 0 radical (unpaired) electrons. The summed E-state index contributed by atoms with van der Waals surface area (Å²) in [7, 11) is 2.00. The van der Waals surface area contributed by atoms with E-state index in [1.54, 1.807) is 0 Å². The van der Waals surface area contributed by atoms with E-state index < -0.39 is 0 Å². The number of hydrogen-bond donors (Lipinski definition) is 1. The van der Waals surface area contributed by atoms with E-state index in [0.717, 1.165) is 6.42 Å². The van der Waals surface area contributed by atoms with Crippen molar-refractivity contribution in [3.63, 3.8) is 0 Å². The summed E-state index contributed by atoms with van der Waals surface area (Å²) in [5.41, 5.74) is 0. The molecule has 1 rings (SSSR count). The Kier molecular flexibility index (Phi) is 3.91. The zero-order chi connectivity index (χ0) is 9.84. The molecule has 0 amide bonds. The zero-order valence-electron chi connectivity index (χ0n) is 8.97. The highest BCUT2D eigenvalue weighted by atomic mass is 16.1. The van der Waals surface area contributed by atoms with Gasteiger partial charge in [0, 0.05) is 18.4 Å². The van der Waals surface area contributed by atoms with Crippen LogP contribution in [0.25, 0.3) is 0 Å². The molecule has 0 aromatic rings. The zero-order valence-corrected chi connectivity index (χ0v) is 8.97. The van der Waals surface area contributed by atoms with Gasteiger partial charge in [0.25, 0.3) is 0 Å². The lowest BCUT2D eigenvalue weighted by molar-refractivity contribution is -0.122. The molecule has 2 unspecified atom stereocenters. The lowest BCUT2D eigenvalue weighted by Crippen LogP contribution is -2.30. The van der Waals surface area contributed by atoms with Crippen LogP contribution in [-0.4, -0.2) is 18.9 Å². The van der Waals surface area contributed by atoms with E-state index in [-0.39, 0.29) is 5.92 Å². The Morgan fingerprint density at radius 2 is 2.15 bits per heavy atom. The van der Waals surface area contributed by atoms with E-state index in [9.17, 15) is 4.79 Å². The van der Waals surface area contributed by atoms with Gasteiger partial charge in [-0.25, -0.2) is 0 Å². The Labute approximate surface area is 81.1 Å². The predicted molar refractivity (Wildman–Crippen MR) is 54.7 cm³/mol. The fourth-order valence-corrected chi connectivity index (χ4v) is 2.16. The third-order valence-electron chi connectivity index (χ3n) is 3.14. The van der Waals surface area contributed by atoms with E-state index in [1.165, 1.54) is 19.3 Å². The summed E-state index contributed by atoms with van der Waals surface area (Å²) in [5, 5.41) is 3.31. The van der Waals surface area contributed by atoms with Crippen molar-refractivity contribution in [1.29, 1.82) is 0 Å². The quantitative estimate of drug-likeness (QED) is 0.722. The third kappa shape index (κ3) is 2.80. The van der Waals surface area contributed by atoms with Crippen molar-refractivity contribution in [2.24, 2.45) is 11.8 Å². The number of ketones is 1. The fourth-order valence-electron chi connectivity index (χ4n) is 2.16. The summed E-state index contributed by atoms with van der Waals surface area (Å²) < 4.78 is 0. The summed E-state index contributed by atoms with van der Waals surface area (Å²) >= 11 is 0. The molecular weight excluding hydrogens is 162 g/mol. The van der Waals surface area contributed by atoms with Gasteiger partial charge >= 0.3 is 0 Å². The highest BCUT2D eigenvalue weighted by molar-refractivity contribution is 5.80. The van der Waals surface area contributed by atoms with Crippen molar-refractivity contribution < 1.29 is 4.79 Å². The minimum atomic E-state index is 0.207. The lowest BCUT2D eigenvalue weighted by atomic mass is 9.93. The molecule has 2 nitrogen and oxygen atoms in total. The standard InChI is InChI=1S/C11H21NO/c1-8(2)11(13)7-9-5-4-6-10(9)12-3/h8-10,12H,4-7H2,1-3H3.